The van der Waals surface area contributed by atoms with Crippen molar-refractivity contribution in [2.75, 3.05) is 7.11 Å². The van der Waals surface area contributed by atoms with E-state index < -0.39 is 17.8 Å². The van der Waals surface area contributed by atoms with Crippen molar-refractivity contribution >= 4 is 23.0 Å². The van der Waals surface area contributed by atoms with Crippen molar-refractivity contribution in [2.45, 2.75) is 6.92 Å². The van der Waals surface area contributed by atoms with Crippen LogP contribution in [0.3, 0.4) is 0 Å². The molecule has 0 atom stereocenters. The zero-order chi connectivity index (χ0) is 26.1. The predicted octanol–water partition coefficient (Wildman–Crippen LogP) is 5.29. The van der Waals surface area contributed by atoms with E-state index in [0.29, 0.717) is 33.5 Å². The molecule has 8 heteroatoms. The first-order valence-corrected chi connectivity index (χ1v) is 11.3. The molecule has 5 rings (SSSR count). The number of benzene rings is 4. The zero-order valence-electron chi connectivity index (χ0n) is 19.9. The van der Waals surface area contributed by atoms with Crippen LogP contribution in [-0.4, -0.2) is 29.0 Å². The van der Waals surface area contributed by atoms with E-state index >= 15 is 4.39 Å². The number of halogens is 1. The fraction of sp³-hybridized carbons (Fsp3) is 0.0690. The Balaban J connectivity index is 1.41. The molecule has 1 aromatic heterocycles. The second-order valence-corrected chi connectivity index (χ2v) is 8.40. The van der Waals surface area contributed by atoms with Crippen molar-refractivity contribution in [3.63, 3.8) is 0 Å². The Hall–Kier alpha value is -4.98. The molecule has 0 spiro atoms. The summed E-state index contributed by atoms with van der Waals surface area (Å²) in [7, 11) is 1.31. The summed E-state index contributed by atoms with van der Waals surface area (Å²) in [5.41, 5.74) is 4.90. The van der Waals surface area contributed by atoms with Crippen LogP contribution < -0.4 is 9.84 Å². The number of ether oxygens (including phenoxy) is 2. The number of aromatic carboxylic acids is 1. The number of methoxy groups -OCH3 is 1. The Bertz CT molecular complexity index is 1640. The third-order valence-electron chi connectivity index (χ3n) is 6.03. The van der Waals surface area contributed by atoms with Crippen molar-refractivity contribution in [3.8, 4) is 34.0 Å². The highest BCUT2D eigenvalue weighted by Crippen LogP contribution is 2.31. The summed E-state index contributed by atoms with van der Waals surface area (Å²) in [5, 5.41) is 11.0. The van der Waals surface area contributed by atoms with Crippen molar-refractivity contribution in [1.29, 1.82) is 0 Å². The van der Waals surface area contributed by atoms with Gasteiger partial charge in [-0.3, -0.25) is 0 Å². The molecule has 4 aromatic carbocycles. The summed E-state index contributed by atoms with van der Waals surface area (Å²) in [6.45, 7) is 1.79. The monoisotopic (exact) mass is 495 g/mol. The highest BCUT2D eigenvalue weighted by atomic mass is 19.1. The van der Waals surface area contributed by atoms with Crippen LogP contribution in [0.25, 0.3) is 33.3 Å². The fourth-order valence-electron chi connectivity index (χ4n) is 4.02. The summed E-state index contributed by atoms with van der Waals surface area (Å²) >= 11 is 0. The van der Waals surface area contributed by atoms with Crippen molar-refractivity contribution < 1.29 is 28.6 Å². The molecule has 0 bridgehead atoms. The van der Waals surface area contributed by atoms with Crippen LogP contribution in [0.5, 0.6) is 11.8 Å². The molecule has 5 aromatic rings. The van der Waals surface area contributed by atoms with E-state index in [-0.39, 0.29) is 11.6 Å². The highest BCUT2D eigenvalue weighted by molar-refractivity contribution is 5.91. The lowest BCUT2D eigenvalue weighted by Gasteiger charge is -2.08. The van der Waals surface area contributed by atoms with Gasteiger partial charge in [-0.1, -0.05) is 54.6 Å². The number of rotatable bonds is 6. The number of esters is 1. The molecule has 1 heterocycles. The van der Waals surface area contributed by atoms with Gasteiger partial charge in [0.25, 0.3) is 6.01 Å². The average Bonchev–Trinajstić information content (AvgIpc) is 3.29. The van der Waals surface area contributed by atoms with Crippen LogP contribution >= 0.6 is 0 Å². The molecular weight excluding hydrogens is 475 g/mol. The molecule has 0 aliphatic carbocycles. The molecule has 184 valence electrons. The molecule has 0 aliphatic rings. The lowest BCUT2D eigenvalue weighted by molar-refractivity contribution is -0.255. The molecule has 0 unspecified atom stereocenters. The van der Waals surface area contributed by atoms with Crippen LogP contribution in [0, 0.1) is 12.7 Å². The lowest BCUT2D eigenvalue weighted by Crippen LogP contribution is -2.21. The summed E-state index contributed by atoms with van der Waals surface area (Å²) in [6, 6.07) is 21.7. The molecule has 1 N–H and O–H groups in total. The topological polar surface area (TPSA) is 104 Å². The summed E-state index contributed by atoms with van der Waals surface area (Å²) in [5.74, 6) is -1.75. The summed E-state index contributed by atoms with van der Waals surface area (Å²) in [4.78, 5) is 30.3. The number of carboxylic acids is 1. The molecular formula is C29H20FN2O5-. The number of nitrogens with one attached hydrogen (secondary N) is 1. The summed E-state index contributed by atoms with van der Waals surface area (Å²) in [6.07, 6.45) is 0. The standard InChI is InChI=1S/C29H21FN2O5/c1-16-3-12-21(13-22(16)28(35)36-2)37-29-31-25-14-23(24(30)15-26(25)32-29)19-8-4-17(5-9-19)18-6-10-20(11-7-18)27(33)34/h3-15H,1-2H3,(H,31,32)(H,33,34)/p-1. The first-order chi connectivity index (χ1) is 17.8. The Kier molecular flexibility index (Phi) is 6.15. The maximum absolute atomic E-state index is 15.0. The number of carboxylic acid groups (broad SMARTS) is 1. The maximum atomic E-state index is 15.0. The number of imidazole rings is 1. The number of carbonyl (C=O) groups excluding carboxylic acids is 2. The van der Waals surface area contributed by atoms with E-state index in [0.717, 1.165) is 16.7 Å². The second-order valence-electron chi connectivity index (χ2n) is 8.40. The molecule has 37 heavy (non-hydrogen) atoms. The smallest absolute Gasteiger partial charge is 0.338 e. The van der Waals surface area contributed by atoms with Crippen LogP contribution in [0.15, 0.2) is 78.9 Å². The zero-order valence-corrected chi connectivity index (χ0v) is 19.9. The quantitative estimate of drug-likeness (QED) is 0.321. The number of aromatic nitrogens is 2. The van der Waals surface area contributed by atoms with Crippen molar-refractivity contribution in [3.05, 3.63) is 101 Å². The number of nitrogens with zero attached hydrogens (tertiary/aromatic N) is 1. The van der Waals surface area contributed by atoms with Gasteiger partial charge in [0.15, 0.2) is 0 Å². The average molecular weight is 495 g/mol. The molecule has 0 radical (unpaired) electrons. The number of H-pyrrole nitrogens is 1. The molecule has 0 amide bonds. The minimum Gasteiger partial charge on any atom is -0.545 e. The molecule has 0 fully saturated rings. The Morgan fingerprint density at radius 2 is 1.54 bits per heavy atom. The van der Waals surface area contributed by atoms with E-state index in [9.17, 15) is 14.7 Å². The number of carbonyl (C=O) groups is 2. The number of aromatic amines is 1. The van der Waals surface area contributed by atoms with E-state index in [1.807, 2.05) is 12.1 Å². The number of hydrogen-bond acceptors (Lipinski definition) is 6. The fourth-order valence-corrected chi connectivity index (χ4v) is 4.02. The Labute approximate surface area is 211 Å². The van der Waals surface area contributed by atoms with Gasteiger partial charge in [0.2, 0.25) is 0 Å². The van der Waals surface area contributed by atoms with Gasteiger partial charge in [-0.05, 0) is 52.9 Å². The van der Waals surface area contributed by atoms with E-state index in [1.54, 1.807) is 55.5 Å². The van der Waals surface area contributed by atoms with E-state index in [1.165, 1.54) is 25.3 Å². The van der Waals surface area contributed by atoms with E-state index in [2.05, 4.69) is 9.97 Å². The van der Waals surface area contributed by atoms with Crippen LogP contribution in [0.2, 0.25) is 0 Å². The van der Waals surface area contributed by atoms with Crippen LogP contribution in [0.1, 0.15) is 26.3 Å². The molecule has 0 saturated carbocycles. The minimum absolute atomic E-state index is 0.101. The van der Waals surface area contributed by atoms with Gasteiger partial charge >= 0.3 is 5.97 Å². The van der Waals surface area contributed by atoms with Gasteiger partial charge in [-0.2, -0.15) is 4.98 Å². The highest BCUT2D eigenvalue weighted by Gasteiger charge is 2.14. The first-order valence-electron chi connectivity index (χ1n) is 11.3. The van der Waals surface area contributed by atoms with Crippen LogP contribution in [0.4, 0.5) is 4.39 Å². The van der Waals surface area contributed by atoms with Crippen molar-refractivity contribution in [1.82, 2.24) is 9.97 Å². The normalized spacial score (nSPS) is 10.9. The number of hydrogen-bond donors (Lipinski definition) is 1. The Morgan fingerprint density at radius 3 is 2.19 bits per heavy atom. The number of fused-ring (bicyclic) bond motifs is 1. The van der Waals surface area contributed by atoms with Gasteiger partial charge in [-0.15, -0.1) is 0 Å². The van der Waals surface area contributed by atoms with Gasteiger partial charge in [0.1, 0.15) is 11.6 Å². The Morgan fingerprint density at radius 1 is 0.892 bits per heavy atom. The predicted molar refractivity (Wildman–Crippen MR) is 134 cm³/mol. The number of aryl methyl sites for hydroxylation is 1. The summed E-state index contributed by atoms with van der Waals surface area (Å²) < 4.78 is 25.6. The largest absolute Gasteiger partial charge is 0.545 e. The first kappa shape index (κ1) is 23.7. The third kappa shape index (κ3) is 4.77. The SMILES string of the molecule is COC(=O)c1cc(Oc2nc3cc(-c4ccc(-c5ccc(C(=O)[O-])cc5)cc4)c(F)cc3[nH]2)ccc1C. The lowest BCUT2D eigenvalue weighted by atomic mass is 9.99. The minimum atomic E-state index is -1.23. The van der Waals surface area contributed by atoms with Gasteiger partial charge in [-0.25, -0.2) is 9.18 Å². The van der Waals surface area contributed by atoms with E-state index in [4.69, 9.17) is 9.47 Å². The van der Waals surface area contributed by atoms with Crippen LogP contribution in [-0.2, 0) is 4.74 Å². The second kappa shape index (κ2) is 9.58. The molecule has 0 aliphatic heterocycles. The maximum Gasteiger partial charge on any atom is 0.338 e. The third-order valence-corrected chi connectivity index (χ3v) is 6.03. The van der Waals surface area contributed by atoms with Gasteiger partial charge in [0.05, 0.1) is 29.7 Å². The van der Waals surface area contributed by atoms with Gasteiger partial charge < -0.3 is 24.4 Å². The van der Waals surface area contributed by atoms with Gasteiger partial charge in [0, 0.05) is 11.6 Å². The van der Waals surface area contributed by atoms with Crippen molar-refractivity contribution in [2.24, 2.45) is 0 Å². The molecule has 7 nitrogen and oxygen atoms in total. The molecule has 0 saturated heterocycles.